The van der Waals surface area contributed by atoms with Gasteiger partial charge in [-0.25, -0.2) is 4.79 Å². The van der Waals surface area contributed by atoms with Crippen molar-refractivity contribution >= 4 is 17.6 Å². The van der Waals surface area contributed by atoms with Crippen molar-refractivity contribution in [2.75, 3.05) is 18.4 Å². The molecule has 2 rings (SSSR count). The summed E-state index contributed by atoms with van der Waals surface area (Å²) in [5.41, 5.74) is 0.811. The fraction of sp³-hybridized carbons (Fsp3) is 0.500. The molecule has 1 fully saturated rings. The molecule has 21 heavy (non-hydrogen) atoms. The van der Waals surface area contributed by atoms with Crippen molar-refractivity contribution in [2.24, 2.45) is 5.41 Å². The number of aryl methyl sites for hydroxylation is 1. The van der Waals surface area contributed by atoms with E-state index in [1.807, 2.05) is 6.92 Å². The maximum atomic E-state index is 12.7. The summed E-state index contributed by atoms with van der Waals surface area (Å²) in [5.74, 6) is -1.08. The fourth-order valence-electron chi connectivity index (χ4n) is 2.96. The molecule has 1 aliphatic heterocycles. The fourth-order valence-corrected chi connectivity index (χ4v) is 2.96. The summed E-state index contributed by atoms with van der Waals surface area (Å²) in [7, 11) is 0. The van der Waals surface area contributed by atoms with E-state index in [9.17, 15) is 14.7 Å². The quantitative estimate of drug-likeness (QED) is 0.795. The van der Waals surface area contributed by atoms with Gasteiger partial charge in [0, 0.05) is 0 Å². The second kappa shape index (κ2) is 6.26. The molecule has 1 aromatic carbocycles. The van der Waals surface area contributed by atoms with E-state index in [0.717, 1.165) is 32.4 Å². The predicted octanol–water partition coefficient (Wildman–Crippen LogP) is 2.41. The average Bonchev–Trinajstić information content (AvgIpc) is 2.47. The summed E-state index contributed by atoms with van der Waals surface area (Å²) < 4.78 is 0. The number of rotatable bonds is 4. The molecule has 0 aliphatic carbocycles. The summed E-state index contributed by atoms with van der Waals surface area (Å²) in [4.78, 5) is 24.1. The van der Waals surface area contributed by atoms with Crippen molar-refractivity contribution in [1.29, 1.82) is 0 Å². The highest BCUT2D eigenvalue weighted by molar-refractivity contribution is 6.03. The number of nitrogens with one attached hydrogen (secondary N) is 2. The Labute approximate surface area is 124 Å². The molecule has 1 aromatic rings. The number of benzene rings is 1. The van der Waals surface area contributed by atoms with Gasteiger partial charge in [-0.2, -0.15) is 0 Å². The van der Waals surface area contributed by atoms with Crippen LogP contribution in [0.1, 0.15) is 42.1 Å². The Kier molecular flexibility index (Phi) is 4.63. The molecule has 1 heterocycles. The van der Waals surface area contributed by atoms with Gasteiger partial charge in [-0.3, -0.25) is 4.79 Å². The van der Waals surface area contributed by atoms with Gasteiger partial charge in [0.15, 0.2) is 0 Å². The Morgan fingerprint density at radius 1 is 1.33 bits per heavy atom. The predicted molar refractivity (Wildman–Crippen MR) is 81.6 cm³/mol. The number of hydrogen-bond donors (Lipinski definition) is 3. The van der Waals surface area contributed by atoms with Gasteiger partial charge in [-0.15, -0.1) is 0 Å². The number of carboxylic acids is 1. The molecule has 0 aromatic heterocycles. The standard InChI is InChI=1S/C16H22N2O3/c1-3-16(7-9-17-10-8-16)15(21)18-12-6-4-5-11(2)13(12)14(19)20/h4-6,17H,3,7-10H2,1-2H3,(H,18,21)(H,19,20). The van der Waals surface area contributed by atoms with E-state index >= 15 is 0 Å². The molecule has 1 amide bonds. The Morgan fingerprint density at radius 3 is 2.57 bits per heavy atom. The lowest BCUT2D eigenvalue weighted by atomic mass is 9.75. The zero-order valence-corrected chi connectivity index (χ0v) is 12.5. The van der Waals surface area contributed by atoms with E-state index in [1.54, 1.807) is 25.1 Å². The number of carboxylic acid groups (broad SMARTS) is 1. The number of amides is 1. The van der Waals surface area contributed by atoms with Gasteiger partial charge in [0.1, 0.15) is 0 Å². The summed E-state index contributed by atoms with van der Waals surface area (Å²) >= 11 is 0. The molecule has 0 atom stereocenters. The third-order valence-corrected chi connectivity index (χ3v) is 4.45. The molecule has 5 nitrogen and oxygen atoms in total. The SMILES string of the molecule is CCC1(C(=O)Nc2cccc(C)c2C(=O)O)CCNCC1. The summed E-state index contributed by atoms with van der Waals surface area (Å²) in [6.45, 7) is 5.39. The number of carbonyl (C=O) groups excluding carboxylic acids is 1. The van der Waals surface area contributed by atoms with Crippen LogP contribution in [0.2, 0.25) is 0 Å². The van der Waals surface area contributed by atoms with Crippen LogP contribution in [0, 0.1) is 12.3 Å². The highest BCUT2D eigenvalue weighted by atomic mass is 16.4. The van der Waals surface area contributed by atoms with Crippen molar-refractivity contribution in [1.82, 2.24) is 5.32 Å². The van der Waals surface area contributed by atoms with Crippen LogP contribution in [0.25, 0.3) is 0 Å². The molecule has 1 aliphatic rings. The summed E-state index contributed by atoms with van der Waals surface area (Å²) in [6, 6.07) is 5.15. The van der Waals surface area contributed by atoms with Gasteiger partial charge in [-0.05, 0) is 50.9 Å². The molecule has 0 bridgehead atoms. The Bertz CT molecular complexity index is 548. The van der Waals surface area contributed by atoms with Crippen LogP contribution in [0.3, 0.4) is 0 Å². The largest absolute Gasteiger partial charge is 0.478 e. The monoisotopic (exact) mass is 290 g/mol. The lowest BCUT2D eigenvalue weighted by Crippen LogP contribution is -2.44. The third kappa shape index (κ3) is 3.08. The van der Waals surface area contributed by atoms with Gasteiger partial charge < -0.3 is 15.7 Å². The number of anilines is 1. The summed E-state index contributed by atoms with van der Waals surface area (Å²) in [6.07, 6.45) is 2.32. The highest BCUT2D eigenvalue weighted by Crippen LogP contribution is 2.34. The Balaban J connectivity index is 2.27. The highest BCUT2D eigenvalue weighted by Gasteiger charge is 2.38. The molecular formula is C16H22N2O3. The van der Waals surface area contributed by atoms with Crippen LogP contribution in [-0.4, -0.2) is 30.1 Å². The van der Waals surface area contributed by atoms with Gasteiger partial charge in [0.2, 0.25) is 5.91 Å². The van der Waals surface area contributed by atoms with E-state index in [-0.39, 0.29) is 11.5 Å². The van der Waals surface area contributed by atoms with Crippen molar-refractivity contribution in [2.45, 2.75) is 33.1 Å². The third-order valence-electron chi connectivity index (χ3n) is 4.45. The topological polar surface area (TPSA) is 78.4 Å². The molecule has 114 valence electrons. The molecule has 0 spiro atoms. The lowest BCUT2D eigenvalue weighted by molar-refractivity contribution is -0.127. The molecule has 0 saturated carbocycles. The number of aromatic carboxylic acids is 1. The van der Waals surface area contributed by atoms with Crippen molar-refractivity contribution < 1.29 is 14.7 Å². The molecule has 5 heteroatoms. The first-order valence-electron chi connectivity index (χ1n) is 7.35. The maximum Gasteiger partial charge on any atom is 0.338 e. The minimum Gasteiger partial charge on any atom is -0.478 e. The Hall–Kier alpha value is -1.88. The van der Waals surface area contributed by atoms with Crippen LogP contribution in [-0.2, 0) is 4.79 Å². The van der Waals surface area contributed by atoms with Gasteiger partial charge in [0.25, 0.3) is 0 Å². The molecule has 3 N–H and O–H groups in total. The van der Waals surface area contributed by atoms with Crippen LogP contribution in [0.5, 0.6) is 0 Å². The smallest absolute Gasteiger partial charge is 0.338 e. The Morgan fingerprint density at radius 2 is 2.00 bits per heavy atom. The first-order chi connectivity index (χ1) is 10.00. The van der Waals surface area contributed by atoms with Crippen LogP contribution < -0.4 is 10.6 Å². The first-order valence-corrected chi connectivity index (χ1v) is 7.35. The van der Waals surface area contributed by atoms with E-state index in [2.05, 4.69) is 10.6 Å². The van der Waals surface area contributed by atoms with Crippen molar-refractivity contribution in [3.05, 3.63) is 29.3 Å². The molecular weight excluding hydrogens is 268 g/mol. The van der Waals surface area contributed by atoms with Crippen LogP contribution in [0.4, 0.5) is 5.69 Å². The first kappa shape index (κ1) is 15.5. The van der Waals surface area contributed by atoms with Crippen molar-refractivity contribution in [3.63, 3.8) is 0 Å². The van der Waals surface area contributed by atoms with Crippen LogP contribution >= 0.6 is 0 Å². The zero-order chi connectivity index (χ0) is 15.5. The van der Waals surface area contributed by atoms with Gasteiger partial charge >= 0.3 is 5.97 Å². The van der Waals surface area contributed by atoms with Crippen LogP contribution in [0.15, 0.2) is 18.2 Å². The van der Waals surface area contributed by atoms with Crippen molar-refractivity contribution in [3.8, 4) is 0 Å². The molecule has 0 unspecified atom stereocenters. The van der Waals surface area contributed by atoms with E-state index in [4.69, 9.17) is 0 Å². The zero-order valence-electron chi connectivity index (χ0n) is 12.5. The number of hydrogen-bond acceptors (Lipinski definition) is 3. The average molecular weight is 290 g/mol. The normalized spacial score (nSPS) is 17.2. The van der Waals surface area contributed by atoms with Gasteiger partial charge in [-0.1, -0.05) is 19.1 Å². The summed E-state index contributed by atoms with van der Waals surface area (Å²) in [5, 5.41) is 15.4. The molecule has 1 saturated heterocycles. The number of carbonyl (C=O) groups is 2. The van der Waals surface area contributed by atoms with Gasteiger partial charge in [0.05, 0.1) is 16.7 Å². The molecule has 0 radical (unpaired) electrons. The maximum absolute atomic E-state index is 12.7. The lowest BCUT2D eigenvalue weighted by Gasteiger charge is -2.35. The van der Waals surface area contributed by atoms with E-state index in [0.29, 0.717) is 11.3 Å². The minimum absolute atomic E-state index is 0.0698. The van der Waals surface area contributed by atoms with E-state index in [1.165, 1.54) is 0 Å². The van der Waals surface area contributed by atoms with E-state index < -0.39 is 11.4 Å². The second-order valence-corrected chi connectivity index (χ2v) is 5.64. The second-order valence-electron chi connectivity index (χ2n) is 5.64. The number of piperidine rings is 1. The minimum atomic E-state index is -1.01.